The Morgan fingerprint density at radius 1 is 1.19 bits per heavy atom. The van der Waals surface area contributed by atoms with Gasteiger partial charge in [-0.25, -0.2) is 0 Å². The average Bonchev–Trinajstić information content (AvgIpc) is 3.48. The molecular weight excluding hydrogens is 409 g/mol. The number of nitrogens with two attached hydrogens (primary N) is 1. The van der Waals surface area contributed by atoms with Crippen LogP contribution in [0.1, 0.15) is 41.9 Å². The smallest absolute Gasteiger partial charge is 0.368 e. The number of rotatable bonds is 6. The maximum atomic E-state index is 13.0. The fraction of sp³-hybridized carbons (Fsp3) is 0.409. The molecule has 31 heavy (non-hydrogen) atoms. The van der Waals surface area contributed by atoms with Crippen molar-refractivity contribution in [2.24, 2.45) is 5.73 Å². The molecule has 0 radical (unpaired) electrons. The van der Waals surface area contributed by atoms with Crippen molar-refractivity contribution in [2.45, 2.75) is 43.3 Å². The van der Waals surface area contributed by atoms with Gasteiger partial charge in [-0.3, -0.25) is 14.6 Å². The van der Waals surface area contributed by atoms with Gasteiger partial charge in [0, 0.05) is 12.7 Å². The number of benzene rings is 1. The highest BCUT2D eigenvalue weighted by Gasteiger charge is 2.45. The molecule has 2 aromatic rings. The quantitative estimate of drug-likeness (QED) is 0.735. The number of halogens is 3. The first-order valence-electron chi connectivity index (χ1n) is 10.1. The Hall–Kier alpha value is -3.10. The number of aromatic nitrogens is 1. The summed E-state index contributed by atoms with van der Waals surface area (Å²) >= 11 is 0. The summed E-state index contributed by atoms with van der Waals surface area (Å²) in [6.07, 6.45) is 0.202. The molecule has 0 bridgehead atoms. The van der Waals surface area contributed by atoms with Crippen molar-refractivity contribution < 1.29 is 22.8 Å². The lowest BCUT2D eigenvalue weighted by Crippen LogP contribution is -2.59. The summed E-state index contributed by atoms with van der Waals surface area (Å²) in [4.78, 5) is 30.1. The van der Waals surface area contributed by atoms with Crippen LogP contribution in [-0.4, -0.2) is 35.4 Å². The highest BCUT2D eigenvalue weighted by Crippen LogP contribution is 2.40. The number of alkyl halides is 3. The first-order chi connectivity index (χ1) is 14.7. The third-order valence-corrected chi connectivity index (χ3v) is 5.93. The van der Waals surface area contributed by atoms with Gasteiger partial charge in [-0.1, -0.05) is 24.3 Å². The molecule has 4 rings (SSSR count). The van der Waals surface area contributed by atoms with Crippen molar-refractivity contribution in [3.63, 3.8) is 0 Å². The van der Waals surface area contributed by atoms with Gasteiger partial charge >= 0.3 is 6.18 Å². The van der Waals surface area contributed by atoms with E-state index in [1.807, 2.05) is 24.3 Å². The third kappa shape index (κ3) is 4.65. The molecule has 6 nitrogen and oxygen atoms in total. The minimum atomic E-state index is -4.52. The van der Waals surface area contributed by atoms with Crippen LogP contribution in [0.2, 0.25) is 0 Å². The van der Waals surface area contributed by atoms with E-state index < -0.39 is 23.2 Å². The van der Waals surface area contributed by atoms with Gasteiger partial charge in [-0.2, -0.15) is 13.2 Å². The summed E-state index contributed by atoms with van der Waals surface area (Å²) in [6.45, 7) is 0.250. The molecule has 1 aromatic heterocycles. The van der Waals surface area contributed by atoms with E-state index in [1.165, 1.54) is 24.6 Å². The molecule has 1 aliphatic heterocycles. The van der Waals surface area contributed by atoms with Crippen LogP contribution in [0.3, 0.4) is 0 Å². The molecule has 2 heterocycles. The summed E-state index contributed by atoms with van der Waals surface area (Å²) in [5.74, 6) is -0.454. The van der Waals surface area contributed by atoms with Crippen LogP contribution in [-0.2, 0) is 22.2 Å². The largest absolute Gasteiger partial charge is 0.417 e. The number of carbonyl (C=O) groups excluding carboxylic acids is 2. The number of carbonyl (C=O) groups is 2. The fourth-order valence-corrected chi connectivity index (χ4v) is 3.97. The highest BCUT2D eigenvalue weighted by atomic mass is 19.4. The average molecular weight is 432 g/mol. The number of anilines is 1. The summed E-state index contributed by atoms with van der Waals surface area (Å²) < 4.78 is 39.0. The molecule has 3 N–H and O–H groups in total. The van der Waals surface area contributed by atoms with Crippen LogP contribution in [0.4, 0.5) is 18.9 Å². The zero-order valence-electron chi connectivity index (χ0n) is 16.8. The molecule has 1 saturated carbocycles. The van der Waals surface area contributed by atoms with Crippen LogP contribution in [0.25, 0.3) is 0 Å². The number of nitrogens with zero attached hydrogens (tertiary/aromatic N) is 2. The van der Waals surface area contributed by atoms with Gasteiger partial charge in [0.05, 0.1) is 30.4 Å². The molecule has 0 unspecified atom stereocenters. The van der Waals surface area contributed by atoms with Crippen molar-refractivity contribution in [1.82, 2.24) is 10.3 Å². The van der Waals surface area contributed by atoms with Gasteiger partial charge in [0.15, 0.2) is 0 Å². The highest BCUT2D eigenvalue weighted by molar-refractivity contribution is 5.92. The van der Waals surface area contributed by atoms with Gasteiger partial charge in [-0.05, 0) is 42.4 Å². The van der Waals surface area contributed by atoms with Gasteiger partial charge < -0.3 is 16.0 Å². The minimum absolute atomic E-state index is 0.0162. The molecular formula is C22H23F3N4O2. The predicted molar refractivity (Wildman–Crippen MR) is 108 cm³/mol. The maximum Gasteiger partial charge on any atom is 0.417 e. The molecule has 2 fully saturated rings. The van der Waals surface area contributed by atoms with Crippen molar-refractivity contribution in [1.29, 1.82) is 0 Å². The van der Waals surface area contributed by atoms with E-state index in [0.29, 0.717) is 5.92 Å². The van der Waals surface area contributed by atoms with Crippen molar-refractivity contribution >= 4 is 17.5 Å². The second-order valence-corrected chi connectivity index (χ2v) is 8.29. The molecule has 2 aliphatic rings. The predicted octanol–water partition coefficient (Wildman–Crippen LogP) is 2.77. The monoisotopic (exact) mass is 432 g/mol. The Morgan fingerprint density at radius 3 is 2.52 bits per heavy atom. The number of primary amides is 1. The second-order valence-electron chi connectivity index (χ2n) is 8.29. The van der Waals surface area contributed by atoms with Gasteiger partial charge in [-0.15, -0.1) is 0 Å². The number of pyridine rings is 1. The van der Waals surface area contributed by atoms with Gasteiger partial charge in [0.1, 0.15) is 5.54 Å². The third-order valence-electron chi connectivity index (χ3n) is 5.93. The van der Waals surface area contributed by atoms with E-state index >= 15 is 0 Å². The van der Waals surface area contributed by atoms with Crippen LogP contribution in [0.5, 0.6) is 0 Å². The van der Waals surface area contributed by atoms with Crippen LogP contribution < -0.4 is 16.0 Å². The van der Waals surface area contributed by atoms with Crippen molar-refractivity contribution in [3.8, 4) is 0 Å². The number of nitrogens with one attached hydrogen (secondary N) is 1. The molecule has 1 aromatic carbocycles. The topological polar surface area (TPSA) is 88.3 Å². The lowest BCUT2D eigenvalue weighted by atomic mass is 9.96. The van der Waals surface area contributed by atoms with E-state index in [-0.39, 0.29) is 37.5 Å². The number of hydrogen-bond acceptors (Lipinski definition) is 4. The lowest BCUT2D eigenvalue weighted by Gasteiger charge is -2.28. The minimum Gasteiger partial charge on any atom is -0.368 e. The van der Waals surface area contributed by atoms with Crippen molar-refractivity contribution in [3.05, 3.63) is 59.4 Å². The first kappa shape index (κ1) is 21.1. The van der Waals surface area contributed by atoms with Crippen molar-refractivity contribution in [2.75, 3.05) is 18.0 Å². The van der Waals surface area contributed by atoms with E-state index in [1.54, 1.807) is 4.90 Å². The Bertz CT molecular complexity index is 989. The SMILES string of the molecule is NC(=O)[C@]1(NC(=O)Cc2ccc(C3CC3)cc2)CCN(c2cncc(C(F)(F)F)c2)C1. The Labute approximate surface area is 177 Å². The molecule has 2 amide bonds. The van der Waals surface area contributed by atoms with Gasteiger partial charge in [0.2, 0.25) is 11.8 Å². The summed E-state index contributed by atoms with van der Waals surface area (Å²) in [7, 11) is 0. The maximum absolute atomic E-state index is 13.0. The Kier molecular flexibility index (Phi) is 5.36. The molecule has 1 aliphatic carbocycles. The normalized spacial score (nSPS) is 21.2. The summed E-state index contributed by atoms with van der Waals surface area (Å²) in [5.41, 5.74) is 5.68. The van der Waals surface area contributed by atoms with Crippen LogP contribution in [0, 0.1) is 0 Å². The zero-order valence-corrected chi connectivity index (χ0v) is 16.8. The zero-order chi connectivity index (χ0) is 22.2. The Balaban J connectivity index is 1.44. The standard InChI is InChI=1S/C22H23F3N4O2/c23-22(24,25)17-10-18(12-27-11-17)29-8-7-21(13-29,20(26)31)28-19(30)9-14-1-3-15(4-2-14)16-5-6-16/h1-4,10-12,16H,5-9,13H2,(H2,26,31)(H,28,30)/t21-/m0/s1. The van der Waals surface area contributed by atoms with E-state index in [0.717, 1.165) is 17.8 Å². The van der Waals surface area contributed by atoms with Crippen LogP contribution in [0.15, 0.2) is 42.7 Å². The molecule has 1 saturated heterocycles. The fourth-order valence-electron chi connectivity index (χ4n) is 3.97. The van der Waals surface area contributed by atoms with E-state index in [4.69, 9.17) is 5.73 Å². The molecule has 0 spiro atoms. The second kappa shape index (κ2) is 7.86. The Morgan fingerprint density at radius 2 is 1.90 bits per heavy atom. The van der Waals surface area contributed by atoms with E-state index in [9.17, 15) is 22.8 Å². The lowest BCUT2D eigenvalue weighted by molar-refractivity contribution is -0.137. The summed E-state index contributed by atoms with van der Waals surface area (Å²) in [6, 6.07) is 8.82. The molecule has 164 valence electrons. The van der Waals surface area contributed by atoms with Crippen LogP contribution >= 0.6 is 0 Å². The molecule has 1 atom stereocenters. The number of hydrogen-bond donors (Lipinski definition) is 2. The first-order valence-corrected chi connectivity index (χ1v) is 10.1. The summed E-state index contributed by atoms with van der Waals surface area (Å²) in [5, 5.41) is 2.74. The molecule has 9 heteroatoms. The number of amides is 2. The van der Waals surface area contributed by atoms with E-state index in [2.05, 4.69) is 10.3 Å². The van der Waals surface area contributed by atoms with Gasteiger partial charge in [0.25, 0.3) is 0 Å².